The second-order valence-corrected chi connectivity index (χ2v) is 8.84. The van der Waals surface area contributed by atoms with Crippen molar-refractivity contribution in [3.05, 3.63) is 15.6 Å². The first-order chi connectivity index (χ1) is 12.5. The van der Waals surface area contributed by atoms with Gasteiger partial charge in [0.2, 0.25) is 0 Å². The van der Waals surface area contributed by atoms with Gasteiger partial charge in [-0.25, -0.2) is 4.98 Å². The highest BCUT2D eigenvalue weighted by Gasteiger charge is 2.35. The van der Waals surface area contributed by atoms with Gasteiger partial charge in [0.15, 0.2) is 5.96 Å². The van der Waals surface area contributed by atoms with Crippen molar-refractivity contribution in [1.82, 2.24) is 20.1 Å². The molecule has 0 saturated carbocycles. The first kappa shape index (κ1) is 22.8. The number of fused-ring (bicyclic) bond motifs is 1. The molecule has 0 atom stereocenters. The number of nitrogens with zero attached hydrogens (tertiary/aromatic N) is 4. The van der Waals surface area contributed by atoms with Crippen LogP contribution in [0.5, 0.6) is 0 Å². The van der Waals surface area contributed by atoms with Gasteiger partial charge in [0.05, 0.1) is 12.2 Å². The third kappa shape index (κ3) is 5.55. The number of nitrogens with one attached hydrogen (secondary N) is 1. The average molecular weight is 507 g/mol. The van der Waals surface area contributed by atoms with Gasteiger partial charge in [-0.15, -0.1) is 35.3 Å². The molecule has 1 aromatic rings. The maximum absolute atomic E-state index is 5.57. The second-order valence-electron chi connectivity index (χ2n) is 7.67. The Labute approximate surface area is 184 Å². The topological polar surface area (TPSA) is 53.0 Å². The molecule has 0 aromatic carbocycles. The van der Waals surface area contributed by atoms with Crippen LogP contribution < -0.4 is 5.32 Å². The van der Waals surface area contributed by atoms with E-state index < -0.39 is 0 Å². The van der Waals surface area contributed by atoms with Gasteiger partial charge >= 0.3 is 0 Å². The largest absolute Gasteiger partial charge is 0.381 e. The van der Waals surface area contributed by atoms with E-state index in [2.05, 4.69) is 41.3 Å². The zero-order valence-corrected chi connectivity index (χ0v) is 20.2. The van der Waals surface area contributed by atoms with Crippen LogP contribution in [0.3, 0.4) is 0 Å². The van der Waals surface area contributed by atoms with Crippen LogP contribution in [0.25, 0.3) is 0 Å². The minimum absolute atomic E-state index is 0. The standard InChI is InChI=1S/C19H33N5OS.HI/c1-20-18(21-14-19(23(2)3)9-11-25-12-10-19)24(4)13-17-22-15-7-5-6-8-16(15)26-17;/h5-14H2,1-4H3,(H,20,21);1H. The summed E-state index contributed by atoms with van der Waals surface area (Å²) in [6.45, 7) is 3.36. The van der Waals surface area contributed by atoms with Crippen molar-refractivity contribution in [2.24, 2.45) is 4.99 Å². The number of aliphatic imine (C=N–C) groups is 1. The highest BCUT2D eigenvalue weighted by atomic mass is 127. The summed E-state index contributed by atoms with van der Waals surface area (Å²) < 4.78 is 5.57. The molecule has 27 heavy (non-hydrogen) atoms. The molecule has 2 aliphatic rings. The maximum atomic E-state index is 5.57. The van der Waals surface area contributed by atoms with Gasteiger partial charge < -0.3 is 19.9 Å². The first-order valence-corrected chi connectivity index (χ1v) is 10.5. The lowest BCUT2D eigenvalue weighted by Crippen LogP contribution is -2.57. The lowest BCUT2D eigenvalue weighted by atomic mass is 9.88. The quantitative estimate of drug-likeness (QED) is 0.378. The Hall–Kier alpha value is -0.450. The van der Waals surface area contributed by atoms with Crippen LogP contribution >= 0.6 is 35.3 Å². The number of aryl methyl sites for hydroxylation is 2. The van der Waals surface area contributed by atoms with Crippen molar-refractivity contribution >= 4 is 41.3 Å². The lowest BCUT2D eigenvalue weighted by molar-refractivity contribution is -0.00522. The van der Waals surface area contributed by atoms with Gasteiger partial charge in [0.1, 0.15) is 5.01 Å². The number of rotatable bonds is 5. The van der Waals surface area contributed by atoms with Gasteiger partial charge in [-0.2, -0.15) is 0 Å². The fourth-order valence-corrected chi connectivity index (χ4v) is 5.12. The zero-order valence-electron chi connectivity index (χ0n) is 17.1. The molecule has 0 amide bonds. The number of aromatic nitrogens is 1. The van der Waals surface area contributed by atoms with Gasteiger partial charge in [-0.1, -0.05) is 0 Å². The van der Waals surface area contributed by atoms with Crippen molar-refractivity contribution in [1.29, 1.82) is 0 Å². The molecule has 2 heterocycles. The van der Waals surface area contributed by atoms with E-state index in [1.165, 1.54) is 34.8 Å². The summed E-state index contributed by atoms with van der Waals surface area (Å²) >= 11 is 1.88. The molecule has 1 aromatic heterocycles. The monoisotopic (exact) mass is 507 g/mol. The fraction of sp³-hybridized carbons (Fsp3) is 0.789. The molecule has 6 nitrogen and oxygen atoms in total. The Morgan fingerprint density at radius 3 is 2.56 bits per heavy atom. The van der Waals surface area contributed by atoms with E-state index in [9.17, 15) is 0 Å². The van der Waals surface area contributed by atoms with E-state index in [-0.39, 0.29) is 29.5 Å². The van der Waals surface area contributed by atoms with Crippen molar-refractivity contribution in [3.63, 3.8) is 0 Å². The van der Waals surface area contributed by atoms with Gasteiger partial charge in [0.25, 0.3) is 0 Å². The van der Waals surface area contributed by atoms with Gasteiger partial charge in [-0.3, -0.25) is 4.99 Å². The van der Waals surface area contributed by atoms with E-state index in [1.807, 2.05) is 18.4 Å². The number of thiazole rings is 1. The third-order valence-electron chi connectivity index (χ3n) is 5.78. The molecular formula is C19H34IN5OS. The van der Waals surface area contributed by atoms with Crippen molar-refractivity contribution in [2.45, 2.75) is 50.6 Å². The van der Waals surface area contributed by atoms with Crippen LogP contribution in [-0.2, 0) is 24.1 Å². The SMILES string of the molecule is CN=C(NCC1(N(C)C)CCOCC1)N(C)Cc1nc2c(s1)CCCC2.I. The van der Waals surface area contributed by atoms with E-state index in [1.54, 1.807) is 0 Å². The number of ether oxygens (including phenoxy) is 1. The van der Waals surface area contributed by atoms with Crippen molar-refractivity contribution in [2.75, 3.05) is 47.9 Å². The van der Waals surface area contributed by atoms with Gasteiger partial charge in [0, 0.05) is 44.3 Å². The highest BCUT2D eigenvalue weighted by molar-refractivity contribution is 14.0. The van der Waals surface area contributed by atoms with E-state index in [0.29, 0.717) is 0 Å². The molecule has 1 aliphatic carbocycles. The van der Waals surface area contributed by atoms with Crippen LogP contribution in [-0.4, -0.2) is 74.2 Å². The summed E-state index contributed by atoms with van der Waals surface area (Å²) in [5, 5.41) is 4.80. The minimum atomic E-state index is 0. The molecule has 1 aliphatic heterocycles. The van der Waals surface area contributed by atoms with E-state index in [4.69, 9.17) is 9.72 Å². The van der Waals surface area contributed by atoms with Crippen molar-refractivity contribution < 1.29 is 4.74 Å². The summed E-state index contributed by atoms with van der Waals surface area (Å²) in [5.41, 5.74) is 1.47. The normalized spacial score (nSPS) is 19.4. The van der Waals surface area contributed by atoms with Gasteiger partial charge in [-0.05, 0) is 52.6 Å². The lowest BCUT2D eigenvalue weighted by Gasteiger charge is -2.43. The molecule has 1 N–H and O–H groups in total. The average Bonchev–Trinajstić information content (AvgIpc) is 3.05. The van der Waals surface area contributed by atoms with E-state index in [0.717, 1.165) is 51.5 Å². The second kappa shape index (κ2) is 10.4. The minimum Gasteiger partial charge on any atom is -0.381 e. The molecule has 0 unspecified atom stereocenters. The van der Waals surface area contributed by atoms with Crippen LogP contribution in [0.15, 0.2) is 4.99 Å². The summed E-state index contributed by atoms with van der Waals surface area (Å²) in [4.78, 5) is 15.4. The number of hydrogen-bond donors (Lipinski definition) is 1. The van der Waals surface area contributed by atoms with Crippen molar-refractivity contribution in [3.8, 4) is 0 Å². The third-order valence-corrected chi connectivity index (χ3v) is 6.93. The molecule has 1 saturated heterocycles. The van der Waals surface area contributed by atoms with Crippen LogP contribution in [0, 0.1) is 0 Å². The molecule has 1 fully saturated rings. The fourth-order valence-electron chi connectivity index (χ4n) is 3.91. The predicted molar refractivity (Wildman–Crippen MR) is 123 cm³/mol. The van der Waals surface area contributed by atoms with E-state index >= 15 is 0 Å². The number of halogens is 1. The van der Waals surface area contributed by atoms with Crippen LogP contribution in [0.2, 0.25) is 0 Å². The van der Waals surface area contributed by atoms with Crippen LogP contribution in [0.4, 0.5) is 0 Å². The zero-order chi connectivity index (χ0) is 18.6. The summed E-state index contributed by atoms with van der Waals surface area (Å²) in [7, 11) is 8.29. The van der Waals surface area contributed by atoms with Crippen LogP contribution in [0.1, 0.15) is 41.3 Å². The highest BCUT2D eigenvalue weighted by Crippen LogP contribution is 2.27. The molecule has 0 bridgehead atoms. The Bertz CT molecular complexity index is 604. The predicted octanol–water partition coefficient (Wildman–Crippen LogP) is 2.76. The Balaban J connectivity index is 0.00000261. The number of hydrogen-bond acceptors (Lipinski definition) is 5. The Kier molecular flexibility index (Phi) is 8.76. The number of likely N-dealkylation sites (N-methyl/N-ethyl adjacent to an activating group) is 1. The smallest absolute Gasteiger partial charge is 0.193 e. The molecule has 3 rings (SSSR count). The first-order valence-electron chi connectivity index (χ1n) is 9.68. The Morgan fingerprint density at radius 2 is 1.93 bits per heavy atom. The molecule has 0 spiro atoms. The molecule has 0 radical (unpaired) electrons. The maximum Gasteiger partial charge on any atom is 0.193 e. The summed E-state index contributed by atoms with van der Waals surface area (Å²) in [6.07, 6.45) is 7.04. The summed E-state index contributed by atoms with van der Waals surface area (Å²) in [6, 6.07) is 0. The number of guanidine groups is 1. The molecule has 154 valence electrons. The molecular weight excluding hydrogens is 473 g/mol. The summed E-state index contributed by atoms with van der Waals surface area (Å²) in [5.74, 6) is 0.936. The Morgan fingerprint density at radius 1 is 1.22 bits per heavy atom. The molecule has 8 heteroatoms.